The van der Waals surface area contributed by atoms with Crippen LogP contribution in [0.2, 0.25) is 0 Å². The molecule has 5 nitrogen and oxygen atoms in total. The summed E-state index contributed by atoms with van der Waals surface area (Å²) in [5.41, 5.74) is 1.92. The van der Waals surface area contributed by atoms with Gasteiger partial charge in [-0.15, -0.1) is 0 Å². The van der Waals surface area contributed by atoms with E-state index in [1.807, 2.05) is 67.6 Å². The fourth-order valence-corrected chi connectivity index (χ4v) is 3.73. The Kier molecular flexibility index (Phi) is 5.67. The van der Waals surface area contributed by atoms with E-state index in [1.54, 1.807) is 24.3 Å². The molecule has 0 unspecified atom stereocenters. The number of esters is 1. The van der Waals surface area contributed by atoms with Gasteiger partial charge in [0.25, 0.3) is 0 Å². The van der Waals surface area contributed by atoms with Crippen molar-refractivity contribution in [1.82, 2.24) is 0 Å². The average Bonchev–Trinajstić information content (AvgIpc) is 2.84. The molecule has 0 fully saturated rings. The second-order valence-corrected chi connectivity index (χ2v) is 7.83. The summed E-state index contributed by atoms with van der Waals surface area (Å²) in [6.45, 7) is 1.94. The van der Waals surface area contributed by atoms with Crippen LogP contribution in [0.4, 0.5) is 0 Å². The van der Waals surface area contributed by atoms with Crippen molar-refractivity contribution in [2.24, 2.45) is 0 Å². The van der Waals surface area contributed by atoms with Gasteiger partial charge in [0.2, 0.25) is 11.2 Å². The molecular weight excluding hydrogens is 428 g/mol. The summed E-state index contributed by atoms with van der Waals surface area (Å²) in [5.74, 6) is 0.376. The molecule has 0 aliphatic rings. The largest absolute Gasteiger partial charge is 0.460 e. The van der Waals surface area contributed by atoms with Gasteiger partial charge in [0.1, 0.15) is 23.3 Å². The molecule has 5 aromatic rings. The molecule has 0 N–H and O–H groups in total. The van der Waals surface area contributed by atoms with Gasteiger partial charge in [-0.1, -0.05) is 54.6 Å². The predicted molar refractivity (Wildman–Crippen MR) is 132 cm³/mol. The molecule has 1 heterocycles. The Bertz CT molecular complexity index is 1610. The minimum atomic E-state index is -0.533. The molecule has 0 spiro atoms. The third kappa shape index (κ3) is 4.45. The third-order valence-corrected chi connectivity index (χ3v) is 5.37. The second kappa shape index (κ2) is 9.08. The van der Waals surface area contributed by atoms with Gasteiger partial charge in [-0.05, 0) is 59.2 Å². The fourth-order valence-electron chi connectivity index (χ4n) is 3.73. The minimum absolute atomic E-state index is 0.0841. The van der Waals surface area contributed by atoms with Crippen LogP contribution in [-0.4, -0.2) is 5.97 Å². The Morgan fingerprint density at radius 2 is 1.68 bits per heavy atom. The lowest BCUT2D eigenvalue weighted by molar-refractivity contribution is -0.128. The summed E-state index contributed by atoms with van der Waals surface area (Å²) in [4.78, 5) is 25.2. The summed E-state index contributed by atoms with van der Waals surface area (Å²) < 4.78 is 16.7. The van der Waals surface area contributed by atoms with Crippen LogP contribution in [0.15, 0.2) is 106 Å². The summed E-state index contributed by atoms with van der Waals surface area (Å²) in [6, 6.07) is 25.9. The maximum atomic E-state index is 12.8. The zero-order valence-electron chi connectivity index (χ0n) is 18.4. The highest BCUT2D eigenvalue weighted by atomic mass is 16.5. The molecule has 34 heavy (non-hydrogen) atoms. The number of benzene rings is 4. The lowest BCUT2D eigenvalue weighted by atomic mass is 10.0. The Morgan fingerprint density at radius 1 is 0.853 bits per heavy atom. The van der Waals surface area contributed by atoms with Gasteiger partial charge in [0.05, 0.1) is 5.39 Å². The number of aryl methyl sites for hydroxylation is 1. The first kappa shape index (κ1) is 21.2. The molecule has 0 saturated carbocycles. The predicted octanol–water partition coefficient (Wildman–Crippen LogP) is 6.67. The van der Waals surface area contributed by atoms with Gasteiger partial charge in [-0.2, -0.15) is 0 Å². The van der Waals surface area contributed by atoms with Crippen molar-refractivity contribution in [1.29, 1.82) is 0 Å². The fraction of sp³-hybridized carbons (Fsp3) is 0.0345. The molecule has 166 valence electrons. The molecule has 0 atom stereocenters. The van der Waals surface area contributed by atoms with Crippen LogP contribution in [-0.2, 0) is 4.79 Å². The summed E-state index contributed by atoms with van der Waals surface area (Å²) >= 11 is 0. The molecular formula is C29H20O5. The van der Waals surface area contributed by atoms with Crippen LogP contribution in [0.5, 0.6) is 17.2 Å². The standard InChI is InChI=1S/C29H20O5/c1-19-6-4-10-22(16-19)33-27-18-32-26-17-23(13-14-25(26)29(27)31)34-28(30)15-12-21-9-5-8-20-7-2-3-11-24(20)21/h2-18H,1H3/b15-12+. The van der Waals surface area contributed by atoms with E-state index in [0.29, 0.717) is 16.7 Å². The Labute approximate surface area is 195 Å². The molecule has 0 saturated heterocycles. The van der Waals surface area contributed by atoms with E-state index < -0.39 is 5.97 Å². The molecule has 0 bridgehead atoms. The van der Waals surface area contributed by atoms with Crippen molar-refractivity contribution in [3.05, 3.63) is 119 Å². The highest BCUT2D eigenvalue weighted by molar-refractivity contribution is 5.95. The van der Waals surface area contributed by atoms with Crippen LogP contribution in [0.3, 0.4) is 0 Å². The molecule has 4 aromatic carbocycles. The number of hydrogen-bond donors (Lipinski definition) is 0. The van der Waals surface area contributed by atoms with E-state index in [1.165, 1.54) is 18.4 Å². The number of hydrogen-bond acceptors (Lipinski definition) is 5. The molecule has 0 radical (unpaired) electrons. The van der Waals surface area contributed by atoms with Gasteiger partial charge >= 0.3 is 5.97 Å². The Hall–Kier alpha value is -4.64. The van der Waals surface area contributed by atoms with E-state index in [-0.39, 0.29) is 16.9 Å². The Balaban J connectivity index is 1.34. The Morgan fingerprint density at radius 3 is 2.56 bits per heavy atom. The first-order chi connectivity index (χ1) is 16.6. The minimum Gasteiger partial charge on any atom is -0.460 e. The number of carbonyl (C=O) groups is 1. The highest BCUT2D eigenvalue weighted by Gasteiger charge is 2.11. The monoisotopic (exact) mass is 448 g/mol. The maximum absolute atomic E-state index is 12.8. The topological polar surface area (TPSA) is 65.7 Å². The van der Waals surface area contributed by atoms with E-state index in [9.17, 15) is 9.59 Å². The lowest BCUT2D eigenvalue weighted by Gasteiger charge is -2.07. The van der Waals surface area contributed by atoms with Crippen molar-refractivity contribution in [3.63, 3.8) is 0 Å². The highest BCUT2D eigenvalue weighted by Crippen LogP contribution is 2.25. The number of fused-ring (bicyclic) bond motifs is 2. The van der Waals surface area contributed by atoms with E-state index in [2.05, 4.69) is 0 Å². The van der Waals surface area contributed by atoms with Gasteiger partial charge in [0, 0.05) is 12.1 Å². The maximum Gasteiger partial charge on any atom is 0.336 e. The first-order valence-electron chi connectivity index (χ1n) is 10.7. The van der Waals surface area contributed by atoms with E-state index in [0.717, 1.165) is 21.9 Å². The SMILES string of the molecule is Cc1cccc(Oc2coc3cc(OC(=O)/C=C/c4cccc5ccccc45)ccc3c2=O)c1. The third-order valence-electron chi connectivity index (χ3n) is 5.37. The summed E-state index contributed by atoms with van der Waals surface area (Å²) in [5, 5.41) is 2.47. The number of carbonyl (C=O) groups excluding carboxylic acids is 1. The molecule has 0 aliphatic heterocycles. The smallest absolute Gasteiger partial charge is 0.336 e. The van der Waals surface area contributed by atoms with Crippen LogP contribution >= 0.6 is 0 Å². The first-order valence-corrected chi connectivity index (χ1v) is 10.7. The van der Waals surface area contributed by atoms with Crippen molar-refractivity contribution >= 4 is 33.8 Å². The quantitative estimate of drug-likeness (QED) is 0.171. The molecule has 5 heteroatoms. The van der Waals surface area contributed by atoms with Crippen molar-refractivity contribution in [3.8, 4) is 17.2 Å². The van der Waals surface area contributed by atoms with Crippen LogP contribution in [0.1, 0.15) is 11.1 Å². The van der Waals surface area contributed by atoms with Crippen LogP contribution in [0.25, 0.3) is 27.8 Å². The zero-order valence-corrected chi connectivity index (χ0v) is 18.4. The lowest BCUT2D eigenvalue weighted by Crippen LogP contribution is -2.06. The van der Waals surface area contributed by atoms with Gasteiger partial charge < -0.3 is 13.9 Å². The van der Waals surface area contributed by atoms with Crippen molar-refractivity contribution in [2.75, 3.05) is 0 Å². The van der Waals surface area contributed by atoms with Gasteiger partial charge in [0.15, 0.2) is 0 Å². The zero-order chi connectivity index (χ0) is 23.5. The normalized spacial score (nSPS) is 11.2. The molecule has 0 amide bonds. The molecule has 5 rings (SSSR count). The van der Waals surface area contributed by atoms with E-state index >= 15 is 0 Å². The summed E-state index contributed by atoms with van der Waals surface area (Å²) in [7, 11) is 0. The van der Waals surface area contributed by atoms with Crippen molar-refractivity contribution < 1.29 is 18.7 Å². The van der Waals surface area contributed by atoms with Gasteiger partial charge in [-0.25, -0.2) is 4.79 Å². The molecule has 1 aromatic heterocycles. The molecule has 0 aliphatic carbocycles. The summed E-state index contributed by atoms with van der Waals surface area (Å²) in [6.07, 6.45) is 4.36. The second-order valence-electron chi connectivity index (χ2n) is 7.83. The average molecular weight is 448 g/mol. The number of ether oxygens (including phenoxy) is 2. The van der Waals surface area contributed by atoms with E-state index in [4.69, 9.17) is 13.9 Å². The van der Waals surface area contributed by atoms with Gasteiger partial charge in [-0.3, -0.25) is 4.79 Å². The van der Waals surface area contributed by atoms with Crippen LogP contribution < -0.4 is 14.9 Å². The van der Waals surface area contributed by atoms with Crippen molar-refractivity contribution in [2.45, 2.75) is 6.92 Å². The number of rotatable bonds is 5. The van der Waals surface area contributed by atoms with Crippen LogP contribution in [0, 0.1) is 6.92 Å².